The molecule has 4 nitrogen and oxygen atoms in total. The van der Waals surface area contributed by atoms with Crippen molar-refractivity contribution in [1.29, 1.82) is 0 Å². The predicted octanol–water partition coefficient (Wildman–Crippen LogP) is 3.34. The molecule has 1 aromatic rings. The van der Waals surface area contributed by atoms with Gasteiger partial charge in [-0.15, -0.1) is 0 Å². The summed E-state index contributed by atoms with van der Waals surface area (Å²) >= 11 is 0. The summed E-state index contributed by atoms with van der Waals surface area (Å²) in [5.41, 5.74) is 2.52. The Morgan fingerprint density at radius 2 is 2.25 bits per heavy atom. The molecule has 0 spiro atoms. The van der Waals surface area contributed by atoms with Gasteiger partial charge in [0.05, 0.1) is 0 Å². The minimum Gasteiger partial charge on any atom is -0.373 e. The third kappa shape index (κ3) is 3.55. The minimum absolute atomic E-state index is 0.0191. The molecule has 2 unspecified atom stereocenters. The zero-order valence-corrected chi connectivity index (χ0v) is 13.0. The van der Waals surface area contributed by atoms with E-state index in [0.717, 1.165) is 31.6 Å². The average Bonchev–Trinajstić information content (AvgIpc) is 2.68. The quantitative estimate of drug-likeness (QED) is 0.810. The number of hydrogen-bond acceptors (Lipinski definition) is 4. The van der Waals surface area contributed by atoms with Gasteiger partial charge in [-0.3, -0.25) is 0 Å². The van der Waals surface area contributed by atoms with Gasteiger partial charge in [0.1, 0.15) is 6.10 Å². The lowest BCUT2D eigenvalue weighted by molar-refractivity contribution is 0.0923. The highest BCUT2D eigenvalue weighted by Gasteiger charge is 2.21. The normalized spacial score (nSPS) is 20.2. The van der Waals surface area contributed by atoms with Crippen LogP contribution in [-0.4, -0.2) is 23.6 Å². The second kappa shape index (κ2) is 7.70. The molecule has 1 heterocycles. The van der Waals surface area contributed by atoms with Gasteiger partial charge in [-0.25, -0.2) is 9.97 Å². The van der Waals surface area contributed by atoms with Crippen molar-refractivity contribution in [2.24, 2.45) is 0 Å². The van der Waals surface area contributed by atoms with E-state index < -0.39 is 0 Å². The van der Waals surface area contributed by atoms with Gasteiger partial charge in [0.25, 0.3) is 0 Å². The van der Waals surface area contributed by atoms with Crippen LogP contribution in [0.4, 0.5) is 0 Å². The fourth-order valence-corrected chi connectivity index (χ4v) is 2.87. The molecule has 0 saturated heterocycles. The van der Waals surface area contributed by atoms with Crippen molar-refractivity contribution >= 4 is 0 Å². The predicted molar refractivity (Wildman–Crippen MR) is 80.7 cm³/mol. The van der Waals surface area contributed by atoms with Crippen LogP contribution in [0.3, 0.4) is 0 Å². The first-order chi connectivity index (χ1) is 9.80. The summed E-state index contributed by atoms with van der Waals surface area (Å²) < 4.78 is 5.46. The third-order valence-electron chi connectivity index (χ3n) is 4.03. The minimum atomic E-state index is 0.0191. The number of nitrogens with one attached hydrogen (secondary N) is 1. The second-order valence-electron chi connectivity index (χ2n) is 5.52. The first kappa shape index (κ1) is 15.4. The van der Waals surface area contributed by atoms with Crippen LogP contribution >= 0.6 is 0 Å². The molecule has 0 amide bonds. The van der Waals surface area contributed by atoms with Crippen LogP contribution in [0.15, 0.2) is 6.20 Å². The van der Waals surface area contributed by atoms with Gasteiger partial charge < -0.3 is 10.1 Å². The fourth-order valence-electron chi connectivity index (χ4n) is 2.87. The molecule has 2 atom stereocenters. The molecule has 0 bridgehead atoms. The van der Waals surface area contributed by atoms with Crippen molar-refractivity contribution in [3.8, 4) is 0 Å². The Kier molecular flexibility index (Phi) is 5.92. The zero-order valence-electron chi connectivity index (χ0n) is 13.0. The van der Waals surface area contributed by atoms with Gasteiger partial charge in [0.15, 0.2) is 5.82 Å². The van der Waals surface area contributed by atoms with Crippen molar-refractivity contribution in [2.45, 2.75) is 64.5 Å². The van der Waals surface area contributed by atoms with Gasteiger partial charge in [-0.2, -0.15) is 0 Å². The molecule has 4 heteroatoms. The van der Waals surface area contributed by atoms with Crippen LogP contribution < -0.4 is 5.32 Å². The van der Waals surface area contributed by atoms with Crippen LogP contribution in [0.2, 0.25) is 0 Å². The average molecular weight is 277 g/mol. The molecule has 1 aliphatic carbocycles. The monoisotopic (exact) mass is 277 g/mol. The van der Waals surface area contributed by atoms with Gasteiger partial charge in [-0.05, 0) is 38.6 Å². The highest BCUT2D eigenvalue weighted by Crippen LogP contribution is 2.28. The van der Waals surface area contributed by atoms with Crippen LogP contribution in [-0.2, 0) is 11.2 Å². The Labute approximate surface area is 122 Å². The Balaban J connectivity index is 2.24. The van der Waals surface area contributed by atoms with Crippen LogP contribution in [0.5, 0.6) is 0 Å². The summed E-state index contributed by atoms with van der Waals surface area (Å²) in [5.74, 6) is 0.838. The molecule has 2 rings (SSSR count). The summed E-state index contributed by atoms with van der Waals surface area (Å²) in [6.45, 7) is 5.37. The van der Waals surface area contributed by atoms with Crippen LogP contribution in [0.1, 0.15) is 75.2 Å². The number of hydrogen-bond donors (Lipinski definition) is 1. The maximum Gasteiger partial charge on any atom is 0.157 e. The first-order valence-corrected chi connectivity index (χ1v) is 7.92. The van der Waals surface area contributed by atoms with Crippen molar-refractivity contribution in [3.05, 3.63) is 23.3 Å². The molecule has 112 valence electrons. The van der Waals surface area contributed by atoms with Gasteiger partial charge in [0, 0.05) is 30.6 Å². The Morgan fingerprint density at radius 1 is 1.40 bits per heavy atom. The lowest BCUT2D eigenvalue weighted by atomic mass is 10.0. The van der Waals surface area contributed by atoms with Crippen molar-refractivity contribution in [1.82, 2.24) is 15.3 Å². The maximum atomic E-state index is 5.46. The second-order valence-corrected chi connectivity index (χ2v) is 5.52. The summed E-state index contributed by atoms with van der Waals surface area (Å²) in [6.07, 6.45) is 8.85. The summed E-state index contributed by atoms with van der Waals surface area (Å²) in [6, 6.07) is 0.420. The van der Waals surface area contributed by atoms with Gasteiger partial charge >= 0.3 is 0 Å². The van der Waals surface area contributed by atoms with E-state index in [2.05, 4.69) is 24.1 Å². The number of ether oxygens (including phenoxy) is 1. The molecule has 0 radical (unpaired) electrons. The fraction of sp³-hybridized carbons (Fsp3) is 0.750. The van der Waals surface area contributed by atoms with Crippen molar-refractivity contribution < 1.29 is 4.74 Å². The van der Waals surface area contributed by atoms with E-state index in [1.54, 1.807) is 7.11 Å². The molecule has 0 saturated carbocycles. The van der Waals surface area contributed by atoms with Gasteiger partial charge in [0.2, 0.25) is 0 Å². The Morgan fingerprint density at radius 3 is 2.95 bits per heavy atom. The van der Waals surface area contributed by atoms with E-state index in [0.29, 0.717) is 6.04 Å². The molecular formula is C16H27N3O. The lowest BCUT2D eigenvalue weighted by Gasteiger charge is -2.20. The van der Waals surface area contributed by atoms with E-state index >= 15 is 0 Å². The topological polar surface area (TPSA) is 47.0 Å². The standard InChI is InChI=1S/C16H27N3O/c1-4-10-17-13-8-6-7-9-14-12(13)11-18-16(19-14)15(5-2)20-3/h11,13,15,17H,4-10H2,1-3H3. The number of methoxy groups -OCH3 is 1. The largest absolute Gasteiger partial charge is 0.373 e. The number of rotatable bonds is 6. The zero-order chi connectivity index (χ0) is 14.4. The number of nitrogens with zero attached hydrogens (tertiary/aromatic N) is 2. The van der Waals surface area contributed by atoms with Crippen LogP contribution in [0, 0.1) is 0 Å². The summed E-state index contributed by atoms with van der Waals surface area (Å²) in [7, 11) is 1.73. The molecule has 0 fully saturated rings. The summed E-state index contributed by atoms with van der Waals surface area (Å²) in [5, 5.41) is 3.63. The highest BCUT2D eigenvalue weighted by atomic mass is 16.5. The number of aromatic nitrogens is 2. The summed E-state index contributed by atoms with van der Waals surface area (Å²) in [4.78, 5) is 9.36. The van der Waals surface area contributed by atoms with E-state index in [-0.39, 0.29) is 6.10 Å². The third-order valence-corrected chi connectivity index (χ3v) is 4.03. The smallest absolute Gasteiger partial charge is 0.157 e. The molecule has 20 heavy (non-hydrogen) atoms. The first-order valence-electron chi connectivity index (χ1n) is 7.92. The van der Waals surface area contributed by atoms with E-state index in [1.807, 2.05) is 6.20 Å². The molecule has 1 aromatic heterocycles. The highest BCUT2D eigenvalue weighted by molar-refractivity contribution is 5.23. The number of aryl methyl sites for hydroxylation is 1. The molecule has 1 N–H and O–H groups in total. The Bertz CT molecular complexity index is 418. The van der Waals surface area contributed by atoms with Crippen molar-refractivity contribution in [2.75, 3.05) is 13.7 Å². The SMILES string of the molecule is CCCNC1CCCCc2nc(C(CC)OC)ncc21. The Hall–Kier alpha value is -1.00. The van der Waals surface area contributed by atoms with E-state index in [4.69, 9.17) is 9.72 Å². The maximum absolute atomic E-state index is 5.46. The lowest BCUT2D eigenvalue weighted by Crippen LogP contribution is -2.23. The van der Waals surface area contributed by atoms with Crippen molar-refractivity contribution in [3.63, 3.8) is 0 Å². The molecular weight excluding hydrogens is 250 g/mol. The van der Waals surface area contributed by atoms with Crippen LogP contribution in [0.25, 0.3) is 0 Å². The van der Waals surface area contributed by atoms with E-state index in [1.165, 1.54) is 30.5 Å². The number of fused-ring (bicyclic) bond motifs is 1. The van der Waals surface area contributed by atoms with E-state index in [9.17, 15) is 0 Å². The molecule has 0 aromatic carbocycles. The van der Waals surface area contributed by atoms with Gasteiger partial charge in [-0.1, -0.05) is 20.3 Å². The molecule has 1 aliphatic rings. The molecule has 0 aliphatic heterocycles.